The minimum Gasteiger partial charge on any atom is -0.506 e. The van der Waals surface area contributed by atoms with Crippen LogP contribution in [-0.2, 0) is 14.4 Å². The fraction of sp³-hybridized carbons (Fsp3) is 0.214. The lowest BCUT2D eigenvalue weighted by atomic mass is 10.0. The highest BCUT2D eigenvalue weighted by Gasteiger charge is 2.20. The van der Waals surface area contributed by atoms with Crippen LogP contribution in [0.1, 0.15) is 30.9 Å². The summed E-state index contributed by atoms with van der Waals surface area (Å²) in [6.07, 6.45) is -0.783. The molecule has 1 atom stereocenters. The van der Waals surface area contributed by atoms with Gasteiger partial charge in [-0.1, -0.05) is 24.3 Å². The quantitative estimate of drug-likeness (QED) is 0.183. The first-order chi connectivity index (χ1) is 19.2. The second kappa shape index (κ2) is 14.0. The molecule has 3 rings (SSSR count). The van der Waals surface area contributed by atoms with Crippen molar-refractivity contribution in [1.29, 1.82) is 0 Å². The zero-order valence-electron chi connectivity index (χ0n) is 21.9. The van der Waals surface area contributed by atoms with Crippen LogP contribution in [0.15, 0.2) is 66.7 Å². The zero-order chi connectivity index (χ0) is 29.1. The fourth-order valence-corrected chi connectivity index (χ4v) is 3.73. The maximum absolute atomic E-state index is 12.5. The number of hydrogen-bond donors (Lipinski definition) is 6. The molecule has 0 unspecified atom stereocenters. The largest absolute Gasteiger partial charge is 0.506 e. The van der Waals surface area contributed by atoms with Gasteiger partial charge in [-0.25, -0.2) is 4.79 Å². The highest BCUT2D eigenvalue weighted by Crippen LogP contribution is 2.31. The normalized spacial score (nSPS) is 11.1. The summed E-state index contributed by atoms with van der Waals surface area (Å²) in [5, 5.41) is 29.9. The summed E-state index contributed by atoms with van der Waals surface area (Å²) in [4.78, 5) is 48.5. The Bertz CT molecular complexity index is 1360. The maximum Gasteiger partial charge on any atom is 0.323 e. The highest BCUT2D eigenvalue weighted by molar-refractivity contribution is 6.01. The van der Waals surface area contributed by atoms with Gasteiger partial charge in [-0.2, -0.15) is 0 Å². The van der Waals surface area contributed by atoms with E-state index >= 15 is 0 Å². The van der Waals surface area contributed by atoms with Crippen molar-refractivity contribution in [2.45, 2.75) is 25.3 Å². The number of carbonyl (C=O) groups excluding carboxylic acids is 3. The van der Waals surface area contributed by atoms with E-state index in [-0.39, 0.29) is 36.4 Å². The number of amides is 4. The van der Waals surface area contributed by atoms with Crippen LogP contribution in [0.3, 0.4) is 0 Å². The highest BCUT2D eigenvalue weighted by atomic mass is 16.5. The van der Waals surface area contributed by atoms with Crippen molar-refractivity contribution in [3.05, 3.63) is 72.3 Å². The van der Waals surface area contributed by atoms with Crippen molar-refractivity contribution in [1.82, 2.24) is 5.32 Å². The lowest BCUT2D eigenvalue weighted by molar-refractivity contribution is -0.138. The predicted octanol–water partition coefficient (Wildman–Crippen LogP) is 4.10. The van der Waals surface area contributed by atoms with E-state index in [4.69, 9.17) is 9.47 Å². The molecule has 3 aromatic carbocycles. The first-order valence-corrected chi connectivity index (χ1v) is 12.2. The van der Waals surface area contributed by atoms with Gasteiger partial charge in [0.05, 0.1) is 32.4 Å². The molecule has 3 aromatic rings. The molecule has 0 spiro atoms. The molecule has 0 saturated carbocycles. The molecule has 0 fully saturated rings. The molecule has 4 amide bonds. The molecule has 0 aromatic heterocycles. The molecule has 0 heterocycles. The van der Waals surface area contributed by atoms with Gasteiger partial charge in [-0.05, 0) is 42.0 Å². The Labute approximate surface area is 230 Å². The van der Waals surface area contributed by atoms with Gasteiger partial charge in [0.25, 0.3) is 0 Å². The maximum atomic E-state index is 12.5. The average Bonchev–Trinajstić information content (AvgIpc) is 2.93. The van der Waals surface area contributed by atoms with Gasteiger partial charge in [0, 0.05) is 30.3 Å². The van der Waals surface area contributed by atoms with E-state index in [1.165, 1.54) is 32.4 Å². The van der Waals surface area contributed by atoms with Gasteiger partial charge in [-0.15, -0.1) is 0 Å². The number of methoxy groups -OCH3 is 2. The Morgan fingerprint density at radius 2 is 1.48 bits per heavy atom. The number of urea groups is 1. The van der Waals surface area contributed by atoms with Gasteiger partial charge in [-0.3, -0.25) is 14.4 Å². The molecule has 0 bridgehead atoms. The van der Waals surface area contributed by atoms with E-state index in [0.29, 0.717) is 22.7 Å². The van der Waals surface area contributed by atoms with Crippen molar-refractivity contribution in [3.63, 3.8) is 0 Å². The third-order valence-electron chi connectivity index (χ3n) is 5.66. The Morgan fingerprint density at radius 1 is 0.775 bits per heavy atom. The summed E-state index contributed by atoms with van der Waals surface area (Å²) in [6, 6.07) is 16.3. The molecule has 0 aliphatic heterocycles. The van der Waals surface area contributed by atoms with Crippen molar-refractivity contribution in [3.8, 4) is 17.2 Å². The number of phenols is 1. The zero-order valence-corrected chi connectivity index (χ0v) is 21.9. The number of carboxylic acid groups (broad SMARTS) is 1. The number of hydrogen-bond acceptors (Lipinski definition) is 7. The van der Waals surface area contributed by atoms with E-state index < -0.39 is 29.9 Å². The molecular weight excluding hydrogens is 520 g/mol. The molecule has 0 aliphatic carbocycles. The number of aliphatic carboxylic acids is 1. The molecular formula is C28H30N4O8. The number of carbonyl (C=O) groups is 4. The summed E-state index contributed by atoms with van der Waals surface area (Å²) in [6.45, 7) is 0. The minimum absolute atomic E-state index is 0.130. The summed E-state index contributed by atoms with van der Waals surface area (Å²) in [5.41, 5.74) is 1.46. The lowest BCUT2D eigenvalue weighted by Gasteiger charge is -2.19. The van der Waals surface area contributed by atoms with E-state index in [1.54, 1.807) is 42.5 Å². The molecule has 12 nitrogen and oxygen atoms in total. The van der Waals surface area contributed by atoms with Crippen LogP contribution < -0.4 is 30.7 Å². The molecule has 0 radical (unpaired) electrons. The van der Waals surface area contributed by atoms with Crippen LogP contribution in [0.25, 0.3) is 0 Å². The van der Waals surface area contributed by atoms with Crippen LogP contribution in [0.4, 0.5) is 21.9 Å². The monoisotopic (exact) mass is 550 g/mol. The number of ether oxygens (including phenoxy) is 2. The van der Waals surface area contributed by atoms with Crippen molar-refractivity contribution in [2.75, 3.05) is 30.2 Å². The second-order valence-electron chi connectivity index (χ2n) is 8.56. The fourth-order valence-electron chi connectivity index (χ4n) is 3.73. The van der Waals surface area contributed by atoms with Gasteiger partial charge < -0.3 is 41.0 Å². The number of nitrogens with one attached hydrogen (secondary N) is 4. The van der Waals surface area contributed by atoms with E-state index in [1.807, 2.05) is 6.07 Å². The Kier molecular flexibility index (Phi) is 10.3. The number of rotatable bonds is 12. The third-order valence-corrected chi connectivity index (χ3v) is 5.66. The van der Waals surface area contributed by atoms with Gasteiger partial charge in [0.2, 0.25) is 11.8 Å². The minimum atomic E-state index is -1.12. The lowest BCUT2D eigenvalue weighted by Crippen LogP contribution is -2.30. The number of para-hydroxylation sites is 1. The second-order valence-corrected chi connectivity index (χ2v) is 8.56. The van der Waals surface area contributed by atoms with Crippen molar-refractivity contribution >= 4 is 40.9 Å². The van der Waals surface area contributed by atoms with Gasteiger partial charge >= 0.3 is 12.0 Å². The summed E-state index contributed by atoms with van der Waals surface area (Å²) >= 11 is 0. The van der Waals surface area contributed by atoms with Gasteiger partial charge in [0.1, 0.15) is 5.75 Å². The van der Waals surface area contributed by atoms with Crippen molar-refractivity contribution < 1.29 is 38.9 Å². The number of carboxylic acids is 1. The summed E-state index contributed by atoms with van der Waals surface area (Å²) in [7, 11) is 2.91. The smallest absolute Gasteiger partial charge is 0.323 e. The van der Waals surface area contributed by atoms with Gasteiger partial charge in [0.15, 0.2) is 11.5 Å². The standard InChI is InChI=1S/C28H30N4O8/c1-39-23-11-8-17(14-24(23)40-2)21(16-27(36)37)31-26(35)13-12-25(34)29-19-9-10-20(22(33)15-19)32-28(38)30-18-6-4-3-5-7-18/h3-11,14-15,21,33H,12-13,16H2,1-2H3,(H,29,34)(H,31,35)(H,36,37)(H2,30,32,38)/t21-/m0/s1. The number of aromatic hydroxyl groups is 1. The number of benzene rings is 3. The van der Waals surface area contributed by atoms with E-state index in [2.05, 4.69) is 21.3 Å². The van der Waals surface area contributed by atoms with Crippen LogP contribution >= 0.6 is 0 Å². The van der Waals surface area contributed by atoms with Crippen LogP contribution in [0, 0.1) is 0 Å². The van der Waals surface area contributed by atoms with Crippen LogP contribution in [0.2, 0.25) is 0 Å². The molecule has 12 heteroatoms. The Balaban J connectivity index is 1.53. The van der Waals surface area contributed by atoms with E-state index in [9.17, 15) is 29.4 Å². The Hall–Kier alpha value is -5.26. The predicted molar refractivity (Wildman–Crippen MR) is 148 cm³/mol. The molecule has 6 N–H and O–H groups in total. The number of anilines is 3. The van der Waals surface area contributed by atoms with E-state index in [0.717, 1.165) is 0 Å². The van der Waals surface area contributed by atoms with Crippen LogP contribution in [-0.4, -0.2) is 48.2 Å². The molecule has 0 saturated heterocycles. The molecule has 0 aliphatic rings. The first-order valence-electron chi connectivity index (χ1n) is 12.2. The number of phenolic OH excluding ortho intramolecular Hbond substituents is 1. The summed E-state index contributed by atoms with van der Waals surface area (Å²) < 4.78 is 10.4. The average molecular weight is 551 g/mol. The van der Waals surface area contributed by atoms with Crippen molar-refractivity contribution in [2.24, 2.45) is 0 Å². The Morgan fingerprint density at radius 3 is 2.12 bits per heavy atom. The summed E-state index contributed by atoms with van der Waals surface area (Å²) in [5.74, 6) is -1.58. The molecule has 210 valence electrons. The topological polar surface area (TPSA) is 175 Å². The third kappa shape index (κ3) is 8.65. The first kappa shape index (κ1) is 29.3. The SMILES string of the molecule is COc1ccc([C@H](CC(=O)O)NC(=O)CCC(=O)Nc2ccc(NC(=O)Nc3ccccc3)c(O)c2)cc1OC. The molecule has 40 heavy (non-hydrogen) atoms. The van der Waals surface area contributed by atoms with Crippen LogP contribution in [0.5, 0.6) is 17.2 Å².